The van der Waals surface area contributed by atoms with E-state index in [-0.39, 0.29) is 0 Å². The quantitative estimate of drug-likeness (QED) is 0.668. The fourth-order valence-electron chi connectivity index (χ4n) is 5.18. The first-order chi connectivity index (χ1) is 8.39. The second-order valence-corrected chi connectivity index (χ2v) is 8.32. The van der Waals surface area contributed by atoms with Gasteiger partial charge in [-0.25, -0.2) is 0 Å². The van der Waals surface area contributed by atoms with Gasteiger partial charge in [-0.1, -0.05) is 41.0 Å². The number of rotatable bonds is 3. The molecule has 0 aromatic carbocycles. The van der Waals surface area contributed by atoms with Crippen LogP contribution in [0.3, 0.4) is 0 Å². The highest BCUT2D eigenvalue weighted by Gasteiger charge is 2.61. The molecule has 3 aliphatic carbocycles. The Balaban J connectivity index is 1.65. The molecule has 1 aliphatic heterocycles. The SMILES string of the molecule is CC(C)CC(C)B1CC2C(CC3CC2C3(C)C)O1. The van der Waals surface area contributed by atoms with Crippen molar-refractivity contribution in [1.82, 2.24) is 0 Å². The summed E-state index contributed by atoms with van der Waals surface area (Å²) in [6.45, 7) is 12.6. The molecule has 0 aromatic rings. The standard InChI is InChI=1S/C16H29BO/c1-10(2)6-11(3)17-9-13-14-7-12(16(14,4)5)8-15(13)18-17/h10-15H,6-9H2,1-5H3. The average molecular weight is 248 g/mol. The third-order valence-electron chi connectivity index (χ3n) is 6.39. The van der Waals surface area contributed by atoms with Crippen molar-refractivity contribution in [3.8, 4) is 0 Å². The lowest BCUT2D eigenvalue weighted by Crippen LogP contribution is -2.56. The van der Waals surface area contributed by atoms with Crippen molar-refractivity contribution in [2.24, 2.45) is 29.1 Å². The molecule has 18 heavy (non-hydrogen) atoms. The fourth-order valence-corrected chi connectivity index (χ4v) is 5.18. The maximum absolute atomic E-state index is 6.42. The minimum atomic E-state index is 0.553. The van der Waals surface area contributed by atoms with E-state index in [2.05, 4.69) is 34.6 Å². The van der Waals surface area contributed by atoms with Crippen molar-refractivity contribution in [3.63, 3.8) is 0 Å². The molecule has 4 rings (SSSR count). The van der Waals surface area contributed by atoms with Crippen LogP contribution < -0.4 is 0 Å². The van der Waals surface area contributed by atoms with E-state index in [1.807, 2.05) is 0 Å². The molecule has 4 aliphatic rings. The molecule has 1 nitrogen and oxygen atoms in total. The van der Waals surface area contributed by atoms with Gasteiger partial charge in [-0.2, -0.15) is 0 Å². The van der Waals surface area contributed by atoms with Gasteiger partial charge in [-0.05, 0) is 54.1 Å². The molecule has 0 amide bonds. The normalized spacial score (nSPS) is 42.7. The maximum atomic E-state index is 6.42. The van der Waals surface area contributed by atoms with Crippen molar-refractivity contribution in [2.75, 3.05) is 0 Å². The Morgan fingerprint density at radius 1 is 1.22 bits per heavy atom. The number of hydrogen-bond donors (Lipinski definition) is 0. The van der Waals surface area contributed by atoms with Crippen LogP contribution in [0, 0.1) is 29.1 Å². The highest BCUT2D eigenvalue weighted by Crippen LogP contribution is 2.64. The van der Waals surface area contributed by atoms with Gasteiger partial charge >= 0.3 is 0 Å². The Bertz CT molecular complexity index is 325. The molecule has 0 radical (unpaired) electrons. The summed E-state index contributed by atoms with van der Waals surface area (Å²) in [4.78, 5) is 0. The van der Waals surface area contributed by atoms with Crippen LogP contribution >= 0.6 is 0 Å². The van der Waals surface area contributed by atoms with E-state index in [0.29, 0.717) is 18.4 Å². The van der Waals surface area contributed by atoms with Gasteiger partial charge in [-0.3, -0.25) is 0 Å². The topological polar surface area (TPSA) is 9.23 Å². The van der Waals surface area contributed by atoms with Crippen LogP contribution in [-0.4, -0.2) is 13.0 Å². The first-order valence-corrected chi connectivity index (χ1v) is 8.05. The highest BCUT2D eigenvalue weighted by atomic mass is 16.5. The molecule has 1 saturated heterocycles. The summed E-state index contributed by atoms with van der Waals surface area (Å²) in [5.74, 6) is 4.33. The molecular formula is C16H29BO. The van der Waals surface area contributed by atoms with Crippen LogP contribution in [0.5, 0.6) is 0 Å². The van der Waals surface area contributed by atoms with E-state index in [9.17, 15) is 0 Å². The third kappa shape index (κ3) is 1.87. The third-order valence-corrected chi connectivity index (χ3v) is 6.39. The Morgan fingerprint density at radius 3 is 2.56 bits per heavy atom. The van der Waals surface area contributed by atoms with Gasteiger partial charge in [-0.15, -0.1) is 0 Å². The molecule has 0 N–H and O–H groups in total. The zero-order valence-electron chi connectivity index (χ0n) is 12.8. The van der Waals surface area contributed by atoms with E-state index in [1.54, 1.807) is 0 Å². The van der Waals surface area contributed by atoms with E-state index in [4.69, 9.17) is 4.65 Å². The van der Waals surface area contributed by atoms with Crippen LogP contribution in [0.1, 0.15) is 53.9 Å². The molecule has 3 saturated carbocycles. The zero-order valence-corrected chi connectivity index (χ0v) is 12.8. The van der Waals surface area contributed by atoms with E-state index in [0.717, 1.165) is 29.5 Å². The molecular weight excluding hydrogens is 219 g/mol. The second kappa shape index (κ2) is 4.26. The molecule has 0 spiro atoms. The van der Waals surface area contributed by atoms with Crippen molar-refractivity contribution in [3.05, 3.63) is 0 Å². The summed E-state index contributed by atoms with van der Waals surface area (Å²) in [6, 6.07) is 0. The van der Waals surface area contributed by atoms with Gasteiger partial charge < -0.3 is 4.65 Å². The summed E-state index contributed by atoms with van der Waals surface area (Å²) in [7, 11) is 0. The summed E-state index contributed by atoms with van der Waals surface area (Å²) < 4.78 is 6.42. The van der Waals surface area contributed by atoms with Crippen molar-refractivity contribution in [1.29, 1.82) is 0 Å². The minimum absolute atomic E-state index is 0.553. The van der Waals surface area contributed by atoms with E-state index in [1.165, 1.54) is 25.6 Å². The molecule has 0 aromatic heterocycles. The Hall–Kier alpha value is 0.0249. The van der Waals surface area contributed by atoms with Crippen LogP contribution in [0.2, 0.25) is 12.1 Å². The van der Waals surface area contributed by atoms with Gasteiger partial charge in [0, 0.05) is 6.10 Å². The molecule has 5 unspecified atom stereocenters. The van der Waals surface area contributed by atoms with Gasteiger partial charge in [0.25, 0.3) is 6.92 Å². The minimum Gasteiger partial charge on any atom is -0.433 e. The van der Waals surface area contributed by atoms with Crippen molar-refractivity contribution in [2.45, 2.75) is 72.1 Å². The molecule has 2 heteroatoms. The molecule has 5 atom stereocenters. The first kappa shape index (κ1) is 13.0. The highest BCUT2D eigenvalue weighted by molar-refractivity contribution is 6.54. The zero-order chi connectivity index (χ0) is 13.1. The van der Waals surface area contributed by atoms with Crippen LogP contribution in [-0.2, 0) is 4.65 Å². The lowest BCUT2D eigenvalue weighted by atomic mass is 9.42. The van der Waals surface area contributed by atoms with Crippen LogP contribution in [0.4, 0.5) is 0 Å². The maximum Gasteiger partial charge on any atom is 0.296 e. The van der Waals surface area contributed by atoms with Crippen LogP contribution in [0.25, 0.3) is 0 Å². The Kier molecular flexibility index (Phi) is 3.09. The van der Waals surface area contributed by atoms with Gasteiger partial charge in [0.1, 0.15) is 0 Å². The number of hydrogen-bond acceptors (Lipinski definition) is 1. The van der Waals surface area contributed by atoms with Crippen molar-refractivity contribution < 1.29 is 4.65 Å². The van der Waals surface area contributed by atoms with Crippen LogP contribution in [0.15, 0.2) is 0 Å². The van der Waals surface area contributed by atoms with E-state index >= 15 is 0 Å². The first-order valence-electron chi connectivity index (χ1n) is 8.05. The molecule has 2 bridgehead atoms. The summed E-state index contributed by atoms with van der Waals surface area (Å²) in [5, 5.41) is 0. The fraction of sp³-hybridized carbons (Fsp3) is 1.00. The summed E-state index contributed by atoms with van der Waals surface area (Å²) in [6.07, 6.45) is 6.12. The smallest absolute Gasteiger partial charge is 0.296 e. The van der Waals surface area contributed by atoms with Crippen molar-refractivity contribution >= 4 is 6.92 Å². The molecule has 4 fully saturated rings. The predicted octanol–water partition coefficient (Wildman–Crippen LogP) is 4.50. The van der Waals surface area contributed by atoms with E-state index < -0.39 is 0 Å². The Morgan fingerprint density at radius 2 is 1.94 bits per heavy atom. The lowest BCUT2D eigenvalue weighted by molar-refractivity contribution is -0.136. The van der Waals surface area contributed by atoms with Gasteiger partial charge in [0.2, 0.25) is 0 Å². The summed E-state index contributed by atoms with van der Waals surface area (Å²) >= 11 is 0. The predicted molar refractivity (Wildman–Crippen MR) is 77.8 cm³/mol. The van der Waals surface area contributed by atoms with Gasteiger partial charge in [0.15, 0.2) is 0 Å². The second-order valence-electron chi connectivity index (χ2n) is 8.32. The monoisotopic (exact) mass is 248 g/mol. The Labute approximate surface area is 113 Å². The molecule has 102 valence electrons. The lowest BCUT2D eigenvalue weighted by Gasteiger charge is -2.61. The molecule has 1 heterocycles. The summed E-state index contributed by atoms with van der Waals surface area (Å²) in [5.41, 5.74) is 0.612. The van der Waals surface area contributed by atoms with Gasteiger partial charge in [0.05, 0.1) is 0 Å². The largest absolute Gasteiger partial charge is 0.433 e. The average Bonchev–Trinajstić information content (AvgIpc) is 2.70.